The van der Waals surface area contributed by atoms with Crippen molar-refractivity contribution in [3.63, 3.8) is 0 Å². The molecule has 1 N–H and O–H groups in total. The van der Waals surface area contributed by atoms with Gasteiger partial charge in [0.25, 0.3) is 0 Å². The maximum atomic E-state index is 12.4. The Morgan fingerprint density at radius 2 is 1.97 bits per heavy atom. The minimum atomic E-state index is -0.177. The summed E-state index contributed by atoms with van der Waals surface area (Å²) in [5, 5.41) is 21.1. The lowest BCUT2D eigenvalue weighted by Gasteiger charge is -2.19. The highest BCUT2D eigenvalue weighted by atomic mass is 32.2. The van der Waals surface area contributed by atoms with E-state index in [4.69, 9.17) is 5.26 Å². The quantitative estimate of drug-likeness (QED) is 0.419. The maximum absolute atomic E-state index is 12.4. The summed E-state index contributed by atoms with van der Waals surface area (Å²) in [6.45, 7) is 10.9. The number of hydrogen-bond donors (Lipinski definition) is 1. The molecule has 1 heterocycles. The summed E-state index contributed by atoms with van der Waals surface area (Å²) >= 11 is 1.31. The lowest BCUT2D eigenvalue weighted by Crippen LogP contribution is -2.14. The van der Waals surface area contributed by atoms with Crippen LogP contribution in [0.1, 0.15) is 31.9 Å². The van der Waals surface area contributed by atoms with Crippen molar-refractivity contribution in [3.8, 4) is 17.5 Å². The molecule has 0 saturated heterocycles. The second-order valence-electron chi connectivity index (χ2n) is 8.06. The maximum Gasteiger partial charge on any atom is 0.234 e. The van der Waals surface area contributed by atoms with E-state index in [2.05, 4.69) is 61.1 Å². The highest BCUT2D eigenvalue weighted by molar-refractivity contribution is 7.99. The molecular formula is C24H25N5OS. The molecule has 0 bridgehead atoms. The van der Waals surface area contributed by atoms with E-state index in [-0.39, 0.29) is 17.1 Å². The number of allylic oxidation sites excluding steroid dienone is 1. The molecule has 3 rings (SSSR count). The van der Waals surface area contributed by atoms with Crippen molar-refractivity contribution in [2.24, 2.45) is 0 Å². The largest absolute Gasteiger partial charge is 0.325 e. The van der Waals surface area contributed by atoms with Crippen molar-refractivity contribution in [2.45, 2.75) is 37.9 Å². The number of anilines is 1. The molecule has 0 saturated carbocycles. The van der Waals surface area contributed by atoms with Gasteiger partial charge in [0.15, 0.2) is 11.0 Å². The monoisotopic (exact) mass is 431 g/mol. The van der Waals surface area contributed by atoms with Crippen LogP contribution in [0.5, 0.6) is 0 Å². The van der Waals surface area contributed by atoms with Crippen LogP contribution in [0.15, 0.2) is 66.3 Å². The number of thioether (sulfide) groups is 1. The van der Waals surface area contributed by atoms with E-state index < -0.39 is 0 Å². The van der Waals surface area contributed by atoms with Crippen molar-refractivity contribution in [1.82, 2.24) is 14.8 Å². The first-order valence-electron chi connectivity index (χ1n) is 9.89. The van der Waals surface area contributed by atoms with Crippen LogP contribution >= 0.6 is 11.8 Å². The molecule has 158 valence electrons. The molecule has 1 aromatic heterocycles. The molecule has 0 aliphatic carbocycles. The predicted molar refractivity (Wildman–Crippen MR) is 125 cm³/mol. The summed E-state index contributed by atoms with van der Waals surface area (Å²) in [6, 6.07) is 17.2. The van der Waals surface area contributed by atoms with Crippen molar-refractivity contribution in [1.29, 1.82) is 5.26 Å². The van der Waals surface area contributed by atoms with Gasteiger partial charge in [-0.25, -0.2) is 0 Å². The number of benzene rings is 2. The number of nitrogens with zero attached hydrogens (tertiary/aromatic N) is 4. The zero-order valence-corrected chi connectivity index (χ0v) is 18.7. The molecule has 6 nitrogen and oxygen atoms in total. The van der Waals surface area contributed by atoms with Crippen LogP contribution in [0.3, 0.4) is 0 Å². The Kier molecular flexibility index (Phi) is 6.93. The van der Waals surface area contributed by atoms with Gasteiger partial charge in [-0.15, -0.1) is 16.8 Å². The van der Waals surface area contributed by atoms with Gasteiger partial charge in [0.2, 0.25) is 5.91 Å². The number of rotatable bonds is 7. The lowest BCUT2D eigenvalue weighted by atomic mass is 9.87. The third-order valence-electron chi connectivity index (χ3n) is 4.65. The Bertz CT molecular complexity index is 1120. The molecule has 0 atom stereocenters. The van der Waals surface area contributed by atoms with Gasteiger partial charge in [-0.3, -0.25) is 9.36 Å². The summed E-state index contributed by atoms with van der Waals surface area (Å²) in [7, 11) is 0. The topological polar surface area (TPSA) is 83.6 Å². The first kappa shape index (κ1) is 22.3. The van der Waals surface area contributed by atoms with Crippen LogP contribution in [0.4, 0.5) is 5.69 Å². The van der Waals surface area contributed by atoms with E-state index >= 15 is 0 Å². The van der Waals surface area contributed by atoms with Gasteiger partial charge in [0, 0.05) is 17.8 Å². The Balaban J connectivity index is 1.73. The molecule has 0 aliphatic heterocycles. The number of carbonyl (C=O) groups is 1. The molecule has 0 spiro atoms. The summed E-state index contributed by atoms with van der Waals surface area (Å²) in [6.07, 6.45) is 1.79. The molecule has 0 fully saturated rings. The Hall–Kier alpha value is -3.37. The number of hydrogen-bond acceptors (Lipinski definition) is 5. The molecular weight excluding hydrogens is 406 g/mol. The number of carbonyl (C=O) groups excluding carboxylic acids is 1. The van der Waals surface area contributed by atoms with Gasteiger partial charge >= 0.3 is 0 Å². The van der Waals surface area contributed by atoms with Gasteiger partial charge in [0.05, 0.1) is 17.4 Å². The van der Waals surface area contributed by atoms with Gasteiger partial charge in [-0.05, 0) is 29.2 Å². The molecule has 7 heteroatoms. The average molecular weight is 432 g/mol. The van der Waals surface area contributed by atoms with E-state index in [1.54, 1.807) is 30.3 Å². The van der Waals surface area contributed by atoms with Crippen molar-refractivity contribution in [3.05, 3.63) is 72.3 Å². The van der Waals surface area contributed by atoms with Gasteiger partial charge in [0.1, 0.15) is 0 Å². The van der Waals surface area contributed by atoms with E-state index in [1.807, 2.05) is 16.7 Å². The molecule has 2 aromatic carbocycles. The third kappa shape index (κ3) is 5.62. The number of aromatic nitrogens is 3. The fourth-order valence-electron chi connectivity index (χ4n) is 3.02. The Morgan fingerprint density at radius 1 is 1.23 bits per heavy atom. The SMILES string of the molecule is C=CCn1c(SCC(=O)Nc2cccc(C#N)c2)nnc1-c1ccc(C(C)(C)C)cc1. The number of nitrogens with one attached hydrogen (secondary N) is 1. The highest BCUT2D eigenvalue weighted by Gasteiger charge is 2.17. The van der Waals surface area contributed by atoms with Crippen LogP contribution in [-0.2, 0) is 16.8 Å². The van der Waals surface area contributed by atoms with E-state index in [0.717, 1.165) is 11.4 Å². The van der Waals surface area contributed by atoms with Crippen molar-refractivity contribution < 1.29 is 4.79 Å². The first-order chi connectivity index (χ1) is 14.8. The van der Waals surface area contributed by atoms with E-state index in [9.17, 15) is 4.79 Å². The molecule has 0 unspecified atom stereocenters. The van der Waals surface area contributed by atoms with Crippen LogP contribution in [-0.4, -0.2) is 26.4 Å². The molecule has 3 aromatic rings. The van der Waals surface area contributed by atoms with Crippen LogP contribution in [0.2, 0.25) is 0 Å². The van der Waals surface area contributed by atoms with E-state index in [1.165, 1.54) is 17.3 Å². The molecule has 31 heavy (non-hydrogen) atoms. The zero-order chi connectivity index (χ0) is 22.4. The smallest absolute Gasteiger partial charge is 0.234 e. The fourth-order valence-corrected chi connectivity index (χ4v) is 3.76. The van der Waals surface area contributed by atoms with Crippen LogP contribution < -0.4 is 5.32 Å². The standard InChI is InChI=1S/C24H25N5OS/c1-5-13-29-22(18-9-11-19(12-10-18)24(2,3)4)27-28-23(29)31-16-21(30)26-20-8-6-7-17(14-20)15-25/h5-12,14H,1,13,16H2,2-4H3,(H,26,30). The number of nitriles is 1. The summed E-state index contributed by atoms with van der Waals surface area (Å²) < 4.78 is 1.95. The molecule has 1 amide bonds. The van der Waals surface area contributed by atoms with Crippen molar-refractivity contribution in [2.75, 3.05) is 11.1 Å². The summed E-state index contributed by atoms with van der Waals surface area (Å²) in [5.41, 5.74) is 3.38. The summed E-state index contributed by atoms with van der Waals surface area (Å²) in [4.78, 5) is 12.4. The molecule has 0 radical (unpaired) electrons. The van der Waals surface area contributed by atoms with Crippen LogP contribution in [0.25, 0.3) is 11.4 Å². The van der Waals surface area contributed by atoms with Gasteiger partial charge < -0.3 is 5.32 Å². The minimum absolute atomic E-state index is 0.0778. The number of amides is 1. The normalized spacial score (nSPS) is 11.0. The average Bonchev–Trinajstić information content (AvgIpc) is 3.15. The lowest BCUT2D eigenvalue weighted by molar-refractivity contribution is -0.113. The van der Waals surface area contributed by atoms with E-state index in [0.29, 0.717) is 23.0 Å². The second-order valence-corrected chi connectivity index (χ2v) is 9.00. The summed E-state index contributed by atoms with van der Waals surface area (Å²) in [5.74, 6) is 0.740. The highest BCUT2D eigenvalue weighted by Crippen LogP contribution is 2.28. The zero-order valence-electron chi connectivity index (χ0n) is 17.9. The van der Waals surface area contributed by atoms with Crippen molar-refractivity contribution >= 4 is 23.4 Å². The Labute approximate surface area is 187 Å². The minimum Gasteiger partial charge on any atom is -0.325 e. The van der Waals surface area contributed by atoms with Gasteiger partial charge in [-0.2, -0.15) is 5.26 Å². The van der Waals surface area contributed by atoms with Gasteiger partial charge in [-0.1, -0.05) is 68.9 Å². The molecule has 0 aliphatic rings. The van der Waals surface area contributed by atoms with Crippen LogP contribution in [0, 0.1) is 11.3 Å². The Morgan fingerprint density at radius 3 is 2.61 bits per heavy atom. The first-order valence-corrected chi connectivity index (χ1v) is 10.9. The fraction of sp³-hybridized carbons (Fsp3) is 0.250. The second kappa shape index (κ2) is 9.63. The third-order valence-corrected chi connectivity index (χ3v) is 5.61. The predicted octanol–water partition coefficient (Wildman–Crippen LogP) is 5.03.